The molecule has 132 valence electrons. The molecular weight excluding hydrogens is 348 g/mol. The predicted octanol–water partition coefficient (Wildman–Crippen LogP) is 4.74. The molecule has 2 amide bonds. The maximum Gasteiger partial charge on any atom is 0.337 e. The van der Waals surface area contributed by atoms with Crippen LogP contribution in [0.15, 0.2) is 78.0 Å². The van der Waals surface area contributed by atoms with Gasteiger partial charge in [0, 0.05) is 23.0 Å². The van der Waals surface area contributed by atoms with Crippen LogP contribution < -0.4 is 20.9 Å². The van der Waals surface area contributed by atoms with E-state index in [0.29, 0.717) is 11.5 Å². The Bertz CT molecular complexity index is 857. The number of anilines is 2. The lowest BCUT2D eigenvalue weighted by Crippen LogP contribution is -2.33. The molecule has 7 heteroatoms. The van der Waals surface area contributed by atoms with Crippen LogP contribution in [0, 0.1) is 0 Å². The van der Waals surface area contributed by atoms with Crippen LogP contribution in [0.1, 0.15) is 0 Å². The molecular formula is C19H18N4O2S. The molecule has 0 aliphatic carbocycles. The van der Waals surface area contributed by atoms with Crippen LogP contribution in [0.2, 0.25) is 0 Å². The number of nitrogens with one attached hydrogen (secondary N) is 3. The van der Waals surface area contributed by atoms with Gasteiger partial charge in [0.25, 0.3) is 0 Å². The van der Waals surface area contributed by atoms with Crippen molar-refractivity contribution in [1.29, 1.82) is 0 Å². The highest BCUT2D eigenvalue weighted by atomic mass is 32.2. The minimum absolute atomic E-state index is 0.347. The molecule has 1 aromatic heterocycles. The predicted molar refractivity (Wildman–Crippen MR) is 105 cm³/mol. The second-order valence-corrected chi connectivity index (χ2v) is 6.13. The van der Waals surface area contributed by atoms with Gasteiger partial charge in [-0.05, 0) is 60.9 Å². The number of hydrogen-bond donors (Lipinski definition) is 3. The summed E-state index contributed by atoms with van der Waals surface area (Å²) in [6, 6.07) is 18.1. The zero-order valence-electron chi connectivity index (χ0n) is 14.1. The Morgan fingerprint density at radius 3 is 2.42 bits per heavy atom. The molecule has 0 atom stereocenters. The van der Waals surface area contributed by atoms with E-state index in [1.807, 2.05) is 54.8 Å². The normalized spacial score (nSPS) is 10.0. The van der Waals surface area contributed by atoms with Crippen LogP contribution in [-0.4, -0.2) is 17.3 Å². The van der Waals surface area contributed by atoms with Gasteiger partial charge in [-0.15, -0.1) is 11.8 Å². The lowest BCUT2D eigenvalue weighted by molar-refractivity contribution is 0.254. The van der Waals surface area contributed by atoms with Crippen molar-refractivity contribution in [1.82, 2.24) is 10.4 Å². The fourth-order valence-corrected chi connectivity index (χ4v) is 2.60. The Morgan fingerprint density at radius 1 is 0.962 bits per heavy atom. The zero-order valence-corrected chi connectivity index (χ0v) is 14.9. The Kier molecular flexibility index (Phi) is 5.95. The maximum absolute atomic E-state index is 12.0. The van der Waals surface area contributed by atoms with Gasteiger partial charge in [-0.3, -0.25) is 15.8 Å². The van der Waals surface area contributed by atoms with Crippen LogP contribution in [0.25, 0.3) is 0 Å². The minimum Gasteiger partial charge on any atom is -0.457 e. The summed E-state index contributed by atoms with van der Waals surface area (Å²) in [5.41, 5.74) is 6.92. The van der Waals surface area contributed by atoms with Crippen molar-refractivity contribution >= 4 is 29.2 Å². The van der Waals surface area contributed by atoms with Crippen LogP contribution in [0.5, 0.6) is 11.5 Å². The van der Waals surface area contributed by atoms with Crippen LogP contribution in [0.4, 0.5) is 16.2 Å². The summed E-state index contributed by atoms with van der Waals surface area (Å²) in [5.74, 6) is 1.41. The molecule has 0 aliphatic heterocycles. The van der Waals surface area contributed by atoms with Crippen molar-refractivity contribution in [3.05, 3.63) is 73.1 Å². The molecule has 0 bridgehead atoms. The van der Waals surface area contributed by atoms with E-state index in [0.717, 1.165) is 16.3 Å². The van der Waals surface area contributed by atoms with E-state index < -0.39 is 0 Å². The molecule has 1 heterocycles. The first kappa shape index (κ1) is 17.6. The van der Waals surface area contributed by atoms with Gasteiger partial charge in [0.15, 0.2) is 0 Å². The van der Waals surface area contributed by atoms with E-state index in [1.54, 1.807) is 36.3 Å². The molecule has 0 aliphatic rings. The van der Waals surface area contributed by atoms with Crippen molar-refractivity contribution in [3.63, 3.8) is 0 Å². The number of rotatable bonds is 6. The van der Waals surface area contributed by atoms with Gasteiger partial charge in [-0.25, -0.2) is 4.79 Å². The standard InChI is InChI=1S/C19H18N4O2S/c1-26-18-4-2-3-15(13-18)21-19(24)23-22-14-5-7-16(8-6-14)25-17-9-11-20-12-10-17/h2-13,22H,1H3,(H2,21,23,24). The molecule has 0 spiro atoms. The minimum atomic E-state index is -0.347. The van der Waals surface area contributed by atoms with Crippen molar-refractivity contribution in [2.45, 2.75) is 4.90 Å². The third-order valence-corrected chi connectivity index (χ3v) is 4.11. The third kappa shape index (κ3) is 5.15. The smallest absolute Gasteiger partial charge is 0.337 e. The van der Waals surface area contributed by atoms with E-state index in [4.69, 9.17) is 4.74 Å². The summed E-state index contributed by atoms with van der Waals surface area (Å²) in [6.45, 7) is 0. The van der Waals surface area contributed by atoms with Crippen molar-refractivity contribution < 1.29 is 9.53 Å². The molecule has 2 aromatic carbocycles. The van der Waals surface area contributed by atoms with E-state index in [9.17, 15) is 4.79 Å². The zero-order chi connectivity index (χ0) is 18.2. The molecule has 6 nitrogen and oxygen atoms in total. The third-order valence-electron chi connectivity index (χ3n) is 3.39. The van der Waals surface area contributed by atoms with Crippen molar-refractivity contribution in [2.75, 3.05) is 17.0 Å². The molecule has 0 unspecified atom stereocenters. The highest BCUT2D eigenvalue weighted by molar-refractivity contribution is 7.98. The average molecular weight is 366 g/mol. The summed E-state index contributed by atoms with van der Waals surface area (Å²) in [6.07, 6.45) is 5.33. The summed E-state index contributed by atoms with van der Waals surface area (Å²) in [4.78, 5) is 17.0. The molecule has 3 rings (SSSR count). The average Bonchev–Trinajstić information content (AvgIpc) is 2.68. The van der Waals surface area contributed by atoms with Gasteiger partial charge in [-0.2, -0.15) is 0 Å². The van der Waals surface area contributed by atoms with Gasteiger partial charge < -0.3 is 10.1 Å². The summed E-state index contributed by atoms with van der Waals surface area (Å²) < 4.78 is 5.69. The fraction of sp³-hybridized carbons (Fsp3) is 0.0526. The molecule has 26 heavy (non-hydrogen) atoms. The second-order valence-electron chi connectivity index (χ2n) is 5.25. The highest BCUT2D eigenvalue weighted by Crippen LogP contribution is 2.22. The summed E-state index contributed by atoms with van der Waals surface area (Å²) >= 11 is 1.62. The number of hydrogen-bond acceptors (Lipinski definition) is 5. The molecule has 3 aromatic rings. The topological polar surface area (TPSA) is 75.3 Å². The second kappa shape index (κ2) is 8.77. The number of thioether (sulfide) groups is 1. The van der Waals surface area contributed by atoms with E-state index in [1.165, 1.54) is 0 Å². The number of amides is 2. The first-order valence-electron chi connectivity index (χ1n) is 7.88. The van der Waals surface area contributed by atoms with Gasteiger partial charge in [-0.1, -0.05) is 6.07 Å². The van der Waals surface area contributed by atoms with Crippen molar-refractivity contribution in [3.8, 4) is 11.5 Å². The monoisotopic (exact) mass is 366 g/mol. The first-order chi connectivity index (χ1) is 12.7. The maximum atomic E-state index is 12.0. The number of nitrogens with zero attached hydrogens (tertiary/aromatic N) is 1. The van der Waals surface area contributed by atoms with E-state index in [2.05, 4.69) is 21.2 Å². The summed E-state index contributed by atoms with van der Waals surface area (Å²) in [5, 5.41) is 2.77. The molecule has 0 saturated carbocycles. The molecule has 3 N–H and O–H groups in total. The van der Waals surface area contributed by atoms with E-state index >= 15 is 0 Å². The number of ether oxygens (including phenoxy) is 1. The lowest BCUT2D eigenvalue weighted by atomic mass is 10.3. The SMILES string of the molecule is CSc1cccc(NC(=O)NNc2ccc(Oc3ccncc3)cc2)c1. The first-order valence-corrected chi connectivity index (χ1v) is 9.10. The lowest BCUT2D eigenvalue weighted by Gasteiger charge is -2.11. The fourth-order valence-electron chi connectivity index (χ4n) is 2.14. The Morgan fingerprint density at radius 2 is 1.69 bits per heavy atom. The molecule has 0 radical (unpaired) electrons. The summed E-state index contributed by atoms with van der Waals surface area (Å²) in [7, 11) is 0. The number of hydrazine groups is 1. The number of aromatic nitrogens is 1. The number of carbonyl (C=O) groups excluding carboxylic acids is 1. The Balaban J connectivity index is 1.50. The number of pyridine rings is 1. The van der Waals surface area contributed by atoms with E-state index in [-0.39, 0.29) is 6.03 Å². The molecule has 0 fully saturated rings. The highest BCUT2D eigenvalue weighted by Gasteiger charge is 2.03. The van der Waals surface area contributed by atoms with Crippen LogP contribution in [0.3, 0.4) is 0 Å². The van der Waals surface area contributed by atoms with Gasteiger partial charge in [0.2, 0.25) is 0 Å². The largest absolute Gasteiger partial charge is 0.457 e. The van der Waals surface area contributed by atoms with Crippen LogP contribution >= 0.6 is 11.8 Å². The number of benzene rings is 2. The molecule has 0 saturated heterocycles. The quantitative estimate of drug-likeness (QED) is 0.434. The Hall–Kier alpha value is -3.19. The van der Waals surface area contributed by atoms with Crippen molar-refractivity contribution in [2.24, 2.45) is 0 Å². The van der Waals surface area contributed by atoms with Gasteiger partial charge in [0.05, 0.1) is 5.69 Å². The Labute approximate surface area is 156 Å². The van der Waals surface area contributed by atoms with Crippen LogP contribution in [-0.2, 0) is 0 Å². The van der Waals surface area contributed by atoms with Gasteiger partial charge in [0.1, 0.15) is 11.5 Å². The number of carbonyl (C=O) groups is 1. The van der Waals surface area contributed by atoms with Gasteiger partial charge >= 0.3 is 6.03 Å². The number of urea groups is 1.